The van der Waals surface area contributed by atoms with Crippen LogP contribution in [0.3, 0.4) is 0 Å². The number of nitro benzene ring substituents is 1. The number of piperidine rings is 1. The van der Waals surface area contributed by atoms with Crippen LogP contribution in [-0.2, 0) is 23.1 Å². The van der Waals surface area contributed by atoms with Gasteiger partial charge in [-0.2, -0.15) is 0 Å². The Morgan fingerprint density at radius 3 is 2.29 bits per heavy atom. The fourth-order valence-corrected chi connectivity index (χ4v) is 8.89. The first-order chi connectivity index (χ1) is 27.3. The molecular weight excluding hydrogens is 725 g/mol. The fraction of sp³-hybridized carbons (Fsp3) is 0.256. The lowest BCUT2D eigenvalue weighted by atomic mass is 9.99. The van der Waals surface area contributed by atoms with E-state index in [2.05, 4.69) is 78.3 Å². The molecule has 6 aromatic rings. The molecule has 0 unspecified atom stereocenters. The lowest BCUT2D eigenvalue weighted by Gasteiger charge is -2.36. The Morgan fingerprint density at radius 1 is 0.821 bits per heavy atom. The van der Waals surface area contributed by atoms with Crippen LogP contribution in [0.15, 0.2) is 133 Å². The molecule has 13 heteroatoms. The molecule has 56 heavy (non-hydrogen) atoms. The first-order valence-electron chi connectivity index (χ1n) is 19.0. The summed E-state index contributed by atoms with van der Waals surface area (Å²) in [6, 6.07) is 38.8. The van der Waals surface area contributed by atoms with E-state index in [1.54, 1.807) is 6.07 Å². The third kappa shape index (κ3) is 8.20. The monoisotopic (exact) mass is 768 g/mol. The first-order valence-corrected chi connectivity index (χ1v) is 20.5. The van der Waals surface area contributed by atoms with Gasteiger partial charge in [-0.25, -0.2) is 18.4 Å². The number of sulfonamides is 1. The number of fused-ring (bicyclic) bond motifs is 1. The van der Waals surface area contributed by atoms with Crippen molar-refractivity contribution in [3.63, 3.8) is 0 Å². The van der Waals surface area contributed by atoms with Crippen LogP contribution < -0.4 is 19.8 Å². The van der Waals surface area contributed by atoms with Crippen molar-refractivity contribution in [3.05, 3.63) is 149 Å². The molecule has 5 aromatic carbocycles. The number of nitro groups is 1. The highest BCUT2D eigenvalue weighted by Crippen LogP contribution is 2.36. The van der Waals surface area contributed by atoms with Gasteiger partial charge in [0.25, 0.3) is 15.7 Å². The van der Waals surface area contributed by atoms with E-state index in [1.807, 2.05) is 59.5 Å². The van der Waals surface area contributed by atoms with Crippen LogP contribution in [0.1, 0.15) is 24.0 Å². The summed E-state index contributed by atoms with van der Waals surface area (Å²) >= 11 is 0. The van der Waals surface area contributed by atoms with Gasteiger partial charge in [0.15, 0.2) is 5.82 Å². The molecule has 286 valence electrons. The average molecular weight is 769 g/mol. The fourth-order valence-electron chi connectivity index (χ4n) is 7.84. The van der Waals surface area contributed by atoms with E-state index in [0.717, 1.165) is 76.0 Å². The summed E-state index contributed by atoms with van der Waals surface area (Å²) in [6.45, 7) is 6.38. The zero-order valence-corrected chi connectivity index (χ0v) is 31.8. The van der Waals surface area contributed by atoms with E-state index in [-0.39, 0.29) is 22.4 Å². The van der Waals surface area contributed by atoms with E-state index in [9.17, 15) is 18.5 Å². The van der Waals surface area contributed by atoms with Crippen LogP contribution >= 0.6 is 0 Å². The van der Waals surface area contributed by atoms with Crippen molar-refractivity contribution in [3.8, 4) is 11.1 Å². The number of nitrogens with zero attached hydrogens (tertiary/aromatic N) is 6. The topological polar surface area (TPSA) is 137 Å². The van der Waals surface area contributed by atoms with Crippen molar-refractivity contribution in [2.24, 2.45) is 0 Å². The second-order valence-electron chi connectivity index (χ2n) is 14.3. The molecule has 2 aliphatic heterocycles. The third-order valence-corrected chi connectivity index (χ3v) is 12.1. The largest absolute Gasteiger partial charge is 0.369 e. The van der Waals surface area contributed by atoms with E-state index in [1.165, 1.54) is 29.1 Å². The molecule has 12 nitrogen and oxygen atoms in total. The minimum atomic E-state index is -4.26. The Morgan fingerprint density at radius 2 is 1.54 bits per heavy atom. The van der Waals surface area contributed by atoms with Crippen LogP contribution in [0.4, 0.5) is 22.9 Å². The predicted molar refractivity (Wildman–Crippen MR) is 221 cm³/mol. The van der Waals surface area contributed by atoms with Gasteiger partial charge >= 0.3 is 0 Å². The molecule has 0 atom stereocenters. The van der Waals surface area contributed by atoms with Gasteiger partial charge < -0.3 is 15.1 Å². The van der Waals surface area contributed by atoms with Crippen LogP contribution in [0.25, 0.3) is 22.0 Å². The summed E-state index contributed by atoms with van der Waals surface area (Å²) in [7, 11) is -4.26. The maximum atomic E-state index is 13.8. The normalized spacial score (nSPS) is 15.5. The number of hydrogen-bond acceptors (Lipinski definition) is 10. The van der Waals surface area contributed by atoms with Gasteiger partial charge in [-0.1, -0.05) is 84.9 Å². The quantitative estimate of drug-likeness (QED) is 0.0982. The number of anilines is 3. The molecule has 1 aromatic heterocycles. The number of nitrogens with one attached hydrogen (secondary N) is 2. The minimum absolute atomic E-state index is 0.0549. The number of benzene rings is 5. The van der Waals surface area contributed by atoms with E-state index in [0.29, 0.717) is 23.1 Å². The van der Waals surface area contributed by atoms with Crippen molar-refractivity contribution < 1.29 is 13.3 Å². The molecule has 0 radical (unpaired) electrons. The predicted octanol–water partition coefficient (Wildman–Crippen LogP) is 7.09. The van der Waals surface area contributed by atoms with Crippen molar-refractivity contribution in [2.45, 2.75) is 36.9 Å². The van der Waals surface area contributed by atoms with Gasteiger partial charge in [-0.05, 0) is 78.5 Å². The molecule has 0 spiro atoms. The van der Waals surface area contributed by atoms with Gasteiger partial charge in [0, 0.05) is 62.5 Å². The van der Waals surface area contributed by atoms with Crippen LogP contribution in [-0.4, -0.2) is 73.5 Å². The lowest BCUT2D eigenvalue weighted by Crippen LogP contribution is -2.46. The summed E-state index contributed by atoms with van der Waals surface area (Å²) in [5.74, 6) is 0.107. The molecule has 0 saturated carbocycles. The summed E-state index contributed by atoms with van der Waals surface area (Å²) in [4.78, 5) is 27.4. The highest BCUT2D eigenvalue weighted by atomic mass is 32.2. The molecule has 3 heterocycles. The summed E-state index contributed by atoms with van der Waals surface area (Å²) < 4.78 is 30.3. The smallest absolute Gasteiger partial charge is 0.293 e. The maximum Gasteiger partial charge on any atom is 0.293 e. The number of rotatable bonds is 12. The van der Waals surface area contributed by atoms with E-state index < -0.39 is 14.9 Å². The van der Waals surface area contributed by atoms with Gasteiger partial charge in [-0.3, -0.25) is 19.7 Å². The molecule has 2 aliphatic rings. The second kappa shape index (κ2) is 16.5. The van der Waals surface area contributed by atoms with Crippen molar-refractivity contribution in [1.82, 2.24) is 20.2 Å². The molecule has 2 N–H and O–H groups in total. The molecule has 2 saturated heterocycles. The standard InChI is InChI=1S/C43H44N8O4S/c52-51(53)42-28-37(16-18-41(42)50(35-19-21-44-22-20-35)29-32-9-3-1-4-10-32)56(54,55)47-43-39-17-15-36(27-40(39)45-31-46-43)49-25-23-48(24-26-49)30-34-13-7-8-14-38(34)33-11-5-2-6-12-33/h1-18,27-28,31,35,44H,19-26,29-30H2,(H,45,46,47). The summed E-state index contributed by atoms with van der Waals surface area (Å²) in [5, 5.41) is 16.4. The Kier molecular flexibility index (Phi) is 10.9. The molecule has 2 fully saturated rings. The number of piperazine rings is 1. The van der Waals surface area contributed by atoms with Crippen LogP contribution in [0.2, 0.25) is 0 Å². The third-order valence-electron chi connectivity index (χ3n) is 10.8. The molecular formula is C43H44N8O4S. The SMILES string of the molecule is O=[N+]([O-])c1cc(S(=O)(=O)Nc2ncnc3cc(N4CCN(Cc5ccccc5-c5ccccc5)CC4)ccc23)ccc1N(Cc1ccccc1)C1CCNCC1. The zero-order valence-electron chi connectivity index (χ0n) is 31.0. The lowest BCUT2D eigenvalue weighted by molar-refractivity contribution is -0.384. The highest BCUT2D eigenvalue weighted by Gasteiger charge is 2.30. The Balaban J connectivity index is 0.982. The second-order valence-corrected chi connectivity index (χ2v) is 16.0. The zero-order chi connectivity index (χ0) is 38.5. The van der Waals surface area contributed by atoms with Gasteiger partial charge in [0.05, 0.1) is 15.3 Å². The van der Waals surface area contributed by atoms with E-state index in [4.69, 9.17) is 0 Å². The Bertz CT molecular complexity index is 2420. The molecule has 8 rings (SSSR count). The molecule has 0 aliphatic carbocycles. The average Bonchev–Trinajstić information content (AvgIpc) is 3.24. The highest BCUT2D eigenvalue weighted by molar-refractivity contribution is 7.92. The number of hydrogen-bond donors (Lipinski definition) is 2. The van der Waals surface area contributed by atoms with Gasteiger partial charge in [-0.15, -0.1) is 0 Å². The molecule has 0 amide bonds. The number of aromatic nitrogens is 2. The van der Waals surface area contributed by atoms with E-state index >= 15 is 0 Å². The first kappa shape index (κ1) is 37.1. The molecule has 0 bridgehead atoms. The van der Waals surface area contributed by atoms with Crippen molar-refractivity contribution >= 4 is 43.8 Å². The minimum Gasteiger partial charge on any atom is -0.369 e. The maximum absolute atomic E-state index is 13.8. The van der Waals surface area contributed by atoms with Gasteiger partial charge in [0.1, 0.15) is 12.0 Å². The van der Waals surface area contributed by atoms with Crippen LogP contribution in [0, 0.1) is 10.1 Å². The Labute approximate surface area is 327 Å². The Hall–Kier alpha value is -5.89. The summed E-state index contributed by atoms with van der Waals surface area (Å²) in [6.07, 6.45) is 2.96. The van der Waals surface area contributed by atoms with Gasteiger partial charge in [0.2, 0.25) is 0 Å². The van der Waals surface area contributed by atoms with Crippen molar-refractivity contribution in [2.75, 3.05) is 53.8 Å². The summed E-state index contributed by atoms with van der Waals surface area (Å²) in [5.41, 5.74) is 6.50. The van der Waals surface area contributed by atoms with Crippen molar-refractivity contribution in [1.29, 1.82) is 0 Å². The van der Waals surface area contributed by atoms with Crippen LogP contribution in [0.5, 0.6) is 0 Å².